The molecule has 194 valence electrons. The van der Waals surface area contributed by atoms with E-state index in [-0.39, 0.29) is 23.8 Å². The molecule has 4 aromatic carbocycles. The minimum absolute atomic E-state index is 0.0947. The lowest BCUT2D eigenvalue weighted by molar-refractivity contribution is -0.134. The fourth-order valence-corrected chi connectivity index (χ4v) is 6.41. The highest BCUT2D eigenvalue weighted by Crippen LogP contribution is 2.57. The Hall–Kier alpha value is -4.29. The zero-order chi connectivity index (χ0) is 26.6. The minimum atomic E-state index is -0.951. The summed E-state index contributed by atoms with van der Waals surface area (Å²) in [5, 5.41) is 0. The first kappa shape index (κ1) is 23.8. The van der Waals surface area contributed by atoms with Gasteiger partial charge < -0.3 is 18.9 Å². The molecule has 0 bridgehead atoms. The van der Waals surface area contributed by atoms with Crippen LogP contribution in [0.25, 0.3) is 0 Å². The summed E-state index contributed by atoms with van der Waals surface area (Å²) in [6, 6.07) is 27.8. The lowest BCUT2D eigenvalue weighted by atomic mass is 9.77. The third-order valence-corrected chi connectivity index (χ3v) is 8.30. The van der Waals surface area contributed by atoms with Crippen LogP contribution in [0.1, 0.15) is 27.8 Å². The number of fused-ring (bicyclic) bond motifs is 5. The van der Waals surface area contributed by atoms with Crippen molar-refractivity contribution in [1.29, 1.82) is 0 Å². The van der Waals surface area contributed by atoms with E-state index in [1.54, 1.807) is 7.11 Å². The molecule has 2 atom stereocenters. The second-order valence-corrected chi connectivity index (χ2v) is 10.4. The Balaban J connectivity index is 1.38. The smallest absolute Gasteiger partial charge is 0.338 e. The van der Waals surface area contributed by atoms with E-state index in [1.807, 2.05) is 60.7 Å². The third-order valence-electron chi connectivity index (χ3n) is 8.30. The van der Waals surface area contributed by atoms with Crippen molar-refractivity contribution in [3.63, 3.8) is 0 Å². The summed E-state index contributed by atoms with van der Waals surface area (Å²) in [5.41, 5.74) is 4.68. The van der Waals surface area contributed by atoms with Crippen LogP contribution in [0.4, 0.5) is 5.69 Å². The molecule has 4 aromatic rings. The molecule has 7 rings (SSSR count). The Kier molecular flexibility index (Phi) is 5.42. The van der Waals surface area contributed by atoms with Gasteiger partial charge in [-0.25, -0.2) is 9.28 Å². The molecule has 2 radical (unpaired) electrons. The van der Waals surface area contributed by atoms with Gasteiger partial charge in [0.25, 0.3) is 0 Å². The standard InChI is InChI=1S/C33H28NO5/c1-22-6-5-7-24(16-22)19-34(15-14-23-10-12-25(36-2)13-11-23)28-9-4-3-8-26(28)33(32(34)35)20-37-29-18-31-30(17-27(29)33)38-21-39-31/h1,3-13,16-18H,14-15,19-21H2,2H3/q+1. The van der Waals surface area contributed by atoms with E-state index in [2.05, 4.69) is 24.3 Å². The van der Waals surface area contributed by atoms with Crippen molar-refractivity contribution in [2.24, 2.45) is 0 Å². The summed E-state index contributed by atoms with van der Waals surface area (Å²) < 4.78 is 23.1. The number of quaternary nitrogens is 1. The molecule has 3 aliphatic rings. The summed E-state index contributed by atoms with van der Waals surface area (Å²) in [7, 11) is 1.66. The van der Waals surface area contributed by atoms with Crippen molar-refractivity contribution < 1.29 is 23.7 Å². The van der Waals surface area contributed by atoms with Gasteiger partial charge in [0.15, 0.2) is 16.9 Å². The molecule has 39 heavy (non-hydrogen) atoms. The number of nitrogens with zero attached hydrogens (tertiary/aromatic N) is 1. The molecular formula is C33H28NO5+. The fraction of sp³-hybridized carbons (Fsp3) is 0.212. The van der Waals surface area contributed by atoms with Gasteiger partial charge >= 0.3 is 5.91 Å². The van der Waals surface area contributed by atoms with Crippen LogP contribution < -0.4 is 23.4 Å². The molecule has 0 fully saturated rings. The number of hydrogen-bond acceptors (Lipinski definition) is 5. The molecule has 0 aromatic heterocycles. The van der Waals surface area contributed by atoms with Gasteiger partial charge in [0, 0.05) is 29.2 Å². The van der Waals surface area contributed by atoms with Gasteiger partial charge in [0.1, 0.15) is 30.3 Å². The highest BCUT2D eigenvalue weighted by molar-refractivity contribution is 6.08. The number of rotatable bonds is 6. The minimum Gasteiger partial charge on any atom is -0.497 e. The van der Waals surface area contributed by atoms with Crippen molar-refractivity contribution in [3.8, 4) is 23.0 Å². The maximum atomic E-state index is 15.2. The molecule has 0 saturated carbocycles. The predicted octanol–water partition coefficient (Wildman–Crippen LogP) is 5.45. The van der Waals surface area contributed by atoms with Crippen LogP contribution in [0, 0.1) is 6.92 Å². The van der Waals surface area contributed by atoms with Crippen molar-refractivity contribution >= 4 is 11.6 Å². The SMILES string of the molecule is [CH]c1cccc(C[N+]2(CCc3ccc(OC)cc3)C(=O)C3(COc4cc5c(cc43)OCO5)c3ccccc32)c1. The van der Waals surface area contributed by atoms with Crippen molar-refractivity contribution in [1.82, 2.24) is 4.48 Å². The number of amides is 1. The van der Waals surface area contributed by atoms with Crippen LogP contribution in [0.15, 0.2) is 84.9 Å². The van der Waals surface area contributed by atoms with Gasteiger partial charge in [-0.15, -0.1) is 0 Å². The Labute approximate surface area is 227 Å². The van der Waals surface area contributed by atoms with E-state index >= 15 is 4.79 Å². The van der Waals surface area contributed by atoms with Crippen LogP contribution in [-0.2, 0) is 23.2 Å². The number of methoxy groups -OCH3 is 1. The summed E-state index contributed by atoms with van der Waals surface area (Å²) in [6.45, 7) is 7.64. The Bertz CT molecular complexity index is 1600. The van der Waals surface area contributed by atoms with Gasteiger partial charge in [-0.1, -0.05) is 48.5 Å². The van der Waals surface area contributed by atoms with E-state index < -0.39 is 5.41 Å². The summed E-state index contributed by atoms with van der Waals surface area (Å²) in [5.74, 6) is 2.86. The molecule has 0 aliphatic carbocycles. The quantitative estimate of drug-likeness (QED) is 0.318. The zero-order valence-corrected chi connectivity index (χ0v) is 21.7. The molecule has 3 heterocycles. The molecule has 1 spiro atoms. The second kappa shape index (κ2) is 8.89. The number of ether oxygens (including phenoxy) is 4. The number of hydrogen-bond donors (Lipinski definition) is 0. The monoisotopic (exact) mass is 518 g/mol. The Morgan fingerprint density at radius 2 is 1.64 bits per heavy atom. The van der Waals surface area contributed by atoms with Crippen molar-refractivity contribution in [2.75, 3.05) is 27.1 Å². The average molecular weight is 519 g/mol. The highest BCUT2D eigenvalue weighted by Gasteiger charge is 2.66. The molecule has 6 heteroatoms. The molecule has 2 unspecified atom stereocenters. The summed E-state index contributed by atoms with van der Waals surface area (Å²) in [4.78, 5) is 15.2. The maximum Gasteiger partial charge on any atom is 0.338 e. The number of para-hydroxylation sites is 1. The van der Waals surface area contributed by atoms with Gasteiger partial charge in [-0.2, -0.15) is 0 Å². The lowest BCUT2D eigenvalue weighted by Gasteiger charge is -2.34. The van der Waals surface area contributed by atoms with Crippen LogP contribution >= 0.6 is 0 Å². The highest BCUT2D eigenvalue weighted by atomic mass is 16.7. The Morgan fingerprint density at radius 3 is 2.44 bits per heavy atom. The second-order valence-electron chi connectivity index (χ2n) is 10.4. The molecule has 3 aliphatic heterocycles. The zero-order valence-electron chi connectivity index (χ0n) is 21.7. The van der Waals surface area contributed by atoms with Crippen LogP contribution in [0.3, 0.4) is 0 Å². The predicted molar refractivity (Wildman–Crippen MR) is 147 cm³/mol. The van der Waals surface area contributed by atoms with E-state index in [0.29, 0.717) is 42.3 Å². The van der Waals surface area contributed by atoms with Crippen LogP contribution in [0.5, 0.6) is 23.0 Å². The first-order chi connectivity index (χ1) is 19.0. The van der Waals surface area contributed by atoms with Crippen molar-refractivity contribution in [2.45, 2.75) is 18.4 Å². The van der Waals surface area contributed by atoms with Gasteiger partial charge in [-0.05, 0) is 48.4 Å². The van der Waals surface area contributed by atoms with Gasteiger partial charge in [0.2, 0.25) is 6.79 Å². The van der Waals surface area contributed by atoms with E-state index in [9.17, 15) is 0 Å². The molecule has 0 N–H and O–H groups in total. The molecule has 0 saturated heterocycles. The fourth-order valence-electron chi connectivity index (χ4n) is 6.41. The first-order valence-corrected chi connectivity index (χ1v) is 13.1. The van der Waals surface area contributed by atoms with Gasteiger partial charge in [0.05, 0.1) is 13.7 Å². The summed E-state index contributed by atoms with van der Waals surface area (Å²) >= 11 is 0. The average Bonchev–Trinajstić information content (AvgIpc) is 3.63. The largest absolute Gasteiger partial charge is 0.497 e. The van der Waals surface area contributed by atoms with Gasteiger partial charge in [-0.3, -0.25) is 0 Å². The van der Waals surface area contributed by atoms with E-state index in [1.165, 1.54) is 0 Å². The Morgan fingerprint density at radius 1 is 0.846 bits per heavy atom. The number of carbonyl (C=O) groups is 1. The van der Waals surface area contributed by atoms with E-state index in [4.69, 9.17) is 25.9 Å². The normalized spacial score (nSPS) is 22.1. The maximum absolute atomic E-state index is 15.2. The lowest BCUT2D eigenvalue weighted by Crippen LogP contribution is -2.57. The van der Waals surface area contributed by atoms with Crippen molar-refractivity contribution in [3.05, 3.63) is 120 Å². The topological polar surface area (TPSA) is 54.0 Å². The van der Waals surface area contributed by atoms with Crippen LogP contribution in [-0.4, -0.2) is 33.0 Å². The molecule has 1 amide bonds. The number of benzene rings is 4. The summed E-state index contributed by atoms with van der Waals surface area (Å²) in [6.07, 6.45) is 0.706. The first-order valence-electron chi connectivity index (χ1n) is 13.1. The molecular weight excluding hydrogens is 490 g/mol. The number of carbonyl (C=O) groups excluding carboxylic acids is 1. The third kappa shape index (κ3) is 3.55. The van der Waals surface area contributed by atoms with E-state index in [0.717, 1.165) is 33.7 Å². The van der Waals surface area contributed by atoms with Crippen LogP contribution in [0.2, 0.25) is 0 Å². The molecule has 6 nitrogen and oxygen atoms in total.